The molecule has 15 aromatic carbocycles. The lowest BCUT2D eigenvalue weighted by molar-refractivity contribution is -0.385. The van der Waals surface area contributed by atoms with E-state index in [9.17, 15) is 10.1 Å². The van der Waals surface area contributed by atoms with Crippen LogP contribution in [-0.2, 0) is 40.3 Å². The van der Waals surface area contributed by atoms with E-state index in [2.05, 4.69) is 496 Å². The van der Waals surface area contributed by atoms with Crippen LogP contribution in [0, 0.1) is 10.1 Å². The summed E-state index contributed by atoms with van der Waals surface area (Å²) in [4.78, 5) is 25.3. The van der Waals surface area contributed by atoms with Gasteiger partial charge in [0.15, 0.2) is 0 Å². The van der Waals surface area contributed by atoms with E-state index in [1.165, 1.54) is 124 Å². The first-order valence-corrected chi connectivity index (χ1v) is 63.4. The molecule has 0 amide bonds. The Morgan fingerprint density at radius 1 is 0.206 bits per heavy atom. The Morgan fingerprint density at radius 3 is 0.522 bits per heavy atom. The van der Waals surface area contributed by atoms with Crippen LogP contribution in [0.4, 0.5) is 5.69 Å². The third-order valence-corrected chi connectivity index (χ3v) is 45.6. The third kappa shape index (κ3) is 33.2. The molecule has 0 radical (unpaired) electrons. The van der Waals surface area contributed by atoms with Crippen LogP contribution in [0.1, 0.15) is 110 Å². The van der Waals surface area contributed by atoms with Gasteiger partial charge in [-0.1, -0.05) is 297 Å². The van der Waals surface area contributed by atoms with Crippen molar-refractivity contribution >= 4 is 310 Å². The molecule has 0 fully saturated rings. The maximum atomic E-state index is 11.5. The van der Waals surface area contributed by atoms with Crippen molar-refractivity contribution in [1.82, 2.24) is 4.98 Å². The Kier molecular flexibility index (Phi) is 41.8. The van der Waals surface area contributed by atoms with Gasteiger partial charge in [-0.25, -0.2) is 4.98 Å². The molecule has 1 heterocycles. The molecule has 0 bridgehead atoms. The van der Waals surface area contributed by atoms with E-state index in [1.54, 1.807) is 17.8 Å². The molecule has 27 heteroatoms. The van der Waals surface area contributed by atoms with Crippen LogP contribution in [0.5, 0.6) is 0 Å². The smallest absolute Gasteiger partial charge is 0.258 e. The van der Waals surface area contributed by atoms with Gasteiger partial charge in [0.2, 0.25) is 0 Å². The molecule has 4 nitrogen and oxygen atoms in total. The molecule has 136 heavy (non-hydrogen) atoms. The van der Waals surface area contributed by atoms with Crippen LogP contribution in [0.2, 0.25) is 0 Å². The van der Waals surface area contributed by atoms with Crippen molar-refractivity contribution in [3.05, 3.63) is 506 Å². The molecule has 1 aromatic heterocycles. The van der Waals surface area contributed by atoms with Gasteiger partial charge < -0.3 is 0 Å². The summed E-state index contributed by atoms with van der Waals surface area (Å²) in [6, 6.07) is 138. The molecule has 688 valence electrons. The summed E-state index contributed by atoms with van der Waals surface area (Å²) < 4.78 is 9.54. The lowest BCUT2D eigenvalue weighted by Gasteiger charge is -2.21. The number of benzene rings is 15. The predicted octanol–water partition coefficient (Wildman–Crippen LogP) is 42.3. The Hall–Kier alpha value is -4.06. The molecule has 0 spiro atoms. The van der Waals surface area contributed by atoms with Crippen molar-refractivity contribution in [1.29, 1.82) is 0 Å². The first kappa shape index (κ1) is 105. The van der Waals surface area contributed by atoms with Crippen LogP contribution in [-0.4, -0.2) is 9.91 Å². The summed E-state index contributed by atoms with van der Waals surface area (Å²) in [5, 5.41) is 12.2. The minimum atomic E-state index is -0.405. The maximum absolute atomic E-state index is 11.5. The highest BCUT2D eigenvalue weighted by Crippen LogP contribution is 2.55. The minimum absolute atomic E-state index is 0.0138. The topological polar surface area (TPSA) is 56.0 Å². The van der Waals surface area contributed by atoms with Crippen LogP contribution >= 0.6 is 304 Å². The molecular weight excluding hydrogens is 2490 g/mol. The fraction of sp³-hybridized carbons (Fsp3) is 0.128. The number of hydrogen-bond acceptors (Lipinski definition) is 18. The molecule has 0 N–H and O–H groups in total. The number of rotatable bonds is 45. The number of hydrogen-bond donors (Lipinski definition) is 0. The number of thioether (sulfide) groups is 15. The molecular formula is C109H84Br8N2O2S15. The van der Waals surface area contributed by atoms with Crippen LogP contribution < -0.4 is 0 Å². The molecule has 0 aliphatic rings. The van der Waals surface area contributed by atoms with Crippen molar-refractivity contribution in [2.24, 2.45) is 0 Å². The predicted molar refractivity (Wildman–Crippen MR) is 632 cm³/mol. The van der Waals surface area contributed by atoms with Gasteiger partial charge in [0.25, 0.3) is 5.69 Å². The van der Waals surface area contributed by atoms with Crippen molar-refractivity contribution < 1.29 is 4.92 Å². The maximum Gasteiger partial charge on any atom is 0.287 e. The van der Waals surface area contributed by atoms with Crippen molar-refractivity contribution in [3.8, 4) is 0 Å². The molecule has 16 aromatic rings. The lowest BCUT2D eigenvalue weighted by atomic mass is 10.2. The number of halogens is 8. The van der Waals surface area contributed by atoms with Gasteiger partial charge >= 0.3 is 0 Å². The van der Waals surface area contributed by atoms with E-state index in [0.717, 1.165) is 80.9 Å². The van der Waals surface area contributed by atoms with E-state index < -0.39 is 4.92 Å². The third-order valence-electron chi connectivity index (χ3n) is 20.9. The second-order valence-electron chi connectivity index (χ2n) is 30.9. The van der Waals surface area contributed by atoms with E-state index in [1.807, 2.05) is 165 Å². The monoisotopic (exact) mass is 2560 g/mol. The van der Waals surface area contributed by atoms with Gasteiger partial charge in [-0.2, -0.15) is 0 Å². The van der Waals surface area contributed by atoms with Gasteiger partial charge in [0, 0.05) is 121 Å². The Labute approximate surface area is 929 Å². The zero-order chi connectivity index (χ0) is 93.9. The first-order valence-electron chi connectivity index (χ1n) is 42.8. The van der Waals surface area contributed by atoms with E-state index in [0.29, 0.717) is 5.75 Å². The summed E-state index contributed by atoms with van der Waals surface area (Å²) in [6.45, 7) is 0. The highest BCUT2D eigenvalue weighted by Gasteiger charge is 2.25. The number of aromatic nitrogens is 1. The number of nitro groups is 1. The molecule has 0 aliphatic carbocycles. The van der Waals surface area contributed by atoms with Gasteiger partial charge in [-0.15, -0.1) is 176 Å². The first-order chi connectivity index (χ1) is 66.3. The lowest BCUT2D eigenvalue weighted by Crippen LogP contribution is -1.97. The van der Waals surface area contributed by atoms with Crippen LogP contribution in [0.25, 0.3) is 0 Å². The summed E-state index contributed by atoms with van der Waals surface area (Å²) in [5.74, 6) is 5.73. The summed E-state index contributed by atoms with van der Waals surface area (Å²) in [6.07, 6.45) is 1.34. The van der Waals surface area contributed by atoms with E-state index in [-0.39, 0.29) is 37.8 Å². The normalized spacial score (nSPS) is 11.7. The number of pyridine rings is 1. The second kappa shape index (κ2) is 54.2. The largest absolute Gasteiger partial charge is 0.287 e. The fourth-order valence-corrected chi connectivity index (χ4v) is 34.3. The molecule has 16 rings (SSSR count). The fourth-order valence-electron chi connectivity index (χ4n) is 13.6. The van der Waals surface area contributed by atoms with Gasteiger partial charge in [-0.05, 0) is 278 Å². The van der Waals surface area contributed by atoms with E-state index >= 15 is 0 Å². The average Bonchev–Trinajstić information content (AvgIpc) is 0.852. The van der Waals surface area contributed by atoms with Crippen LogP contribution in [0.3, 0.4) is 0 Å². The number of nitrogens with zero attached hydrogens (tertiary/aromatic N) is 2. The Bertz CT molecular complexity index is 5630. The molecule has 0 aliphatic heterocycles. The molecule has 0 saturated heterocycles. The van der Waals surface area contributed by atoms with Crippen molar-refractivity contribution in [2.45, 2.75) is 117 Å². The van der Waals surface area contributed by atoms with Gasteiger partial charge in [0.1, 0.15) is 6.20 Å². The SMILES string of the molecule is O=[N+]([O-])c1ccc(SCc2ccc(C(SCc3ccc(C(SCc4ccc(C(Sc5ccc(Br)cc5)Sc5ccc(Br)cc5)cc4)SCc4ccc(C(Sc5ccc(Br)cc5)Sc5ccc(Br)cc5)cc4)cc3)SCc3ccc(C(SCc4ccc(C(Sc5ccc(Br)cc5)Sc5ccc(Br)cc5)cc4)SCc4ccc(C(Sc5ccc(Br)cc5)Sc5ccc(Br)cc5)cc4)cc3)cc2)nc1. The van der Waals surface area contributed by atoms with Gasteiger partial charge in [-0.3, -0.25) is 10.1 Å². The van der Waals surface area contributed by atoms with Crippen molar-refractivity contribution in [2.75, 3.05) is 0 Å². The second-order valence-corrected chi connectivity index (χ2v) is 57.3. The average molecular weight is 2570 g/mol. The summed E-state index contributed by atoms with van der Waals surface area (Å²) in [5.41, 5.74) is 17.8. The minimum Gasteiger partial charge on any atom is -0.258 e. The zero-order valence-electron chi connectivity index (χ0n) is 72.2. The quantitative estimate of drug-likeness (QED) is 0.0157. The highest BCUT2D eigenvalue weighted by atomic mass is 79.9. The molecule has 0 atom stereocenters. The molecule has 0 unspecified atom stereocenters. The Balaban J connectivity index is 0.643. The van der Waals surface area contributed by atoms with Crippen molar-refractivity contribution in [3.63, 3.8) is 0 Å². The standard InChI is InChI=1S/C109H84Br8N2O2S15/c110-85-29-46-94(47-30-85)129-106(130-95-48-31-86(111)32-49-95)81-21-7-74(8-22-81)67-125-104(126-68-75-9-23-82(24-10-75)107(131-96-50-33-87(112)34-51-96)132-97-52-35-88(113)36-53-97)79-17-3-72(4-18-79)65-123-103(78-15-1-71(2-16-78)64-122-102-62-45-93(63-118-102)119(120)121)124-66-73-5-19-80(20-6-73)105(127-69-76-11-25-83(26-12-76)108(133-98-54-37-89(114)38-55-98)134-99-56-39-90(115)40-57-99)128-70-77-13-27-84(28-14-77)109(135-100-58-41-91(116)42-59-100)136-101-60-43-92(117)44-61-101/h1-63,103-109H,64-70H2. The van der Waals surface area contributed by atoms with E-state index in [4.69, 9.17) is 0 Å². The highest BCUT2D eigenvalue weighted by molar-refractivity contribution is 9.11. The molecule has 0 saturated carbocycles. The van der Waals surface area contributed by atoms with Crippen LogP contribution in [0.15, 0.2) is 462 Å². The zero-order valence-corrected chi connectivity index (χ0v) is 97.2. The summed E-state index contributed by atoms with van der Waals surface area (Å²) in [7, 11) is 0. The van der Waals surface area contributed by atoms with Gasteiger partial charge in [0.05, 0.1) is 42.0 Å². The summed E-state index contributed by atoms with van der Waals surface area (Å²) >= 11 is 57.9. The Morgan fingerprint density at radius 2 is 0.368 bits per heavy atom.